The molecule has 9 heteroatoms. The van der Waals surface area contributed by atoms with E-state index in [4.69, 9.17) is 33.7 Å². The number of pyridine rings is 1. The first-order valence-electron chi connectivity index (χ1n) is 8.00. The molecule has 2 aromatic rings. The molecule has 1 saturated heterocycles. The quantitative estimate of drug-likeness (QED) is 0.428. The lowest BCUT2D eigenvalue weighted by molar-refractivity contribution is -0.137. The SMILES string of the molecule is COc1ccc2cc(C=C3SC(=S)N(CCCC(=O)O)C3=O)c(Cl)nc2c1. The van der Waals surface area contributed by atoms with Crippen molar-refractivity contribution >= 4 is 68.8 Å². The van der Waals surface area contributed by atoms with Gasteiger partial charge in [-0.25, -0.2) is 4.98 Å². The monoisotopic (exact) mass is 422 g/mol. The van der Waals surface area contributed by atoms with Crippen LogP contribution >= 0.6 is 35.6 Å². The summed E-state index contributed by atoms with van der Waals surface area (Å²) in [6, 6.07) is 7.32. The van der Waals surface area contributed by atoms with Gasteiger partial charge in [0, 0.05) is 30.0 Å². The standard InChI is InChI=1S/C18H15ClN2O4S2/c1-25-12-5-4-10-7-11(16(19)20-13(10)9-12)8-14-17(24)21(18(26)27-14)6-2-3-15(22)23/h4-5,7-9H,2-3,6H2,1H3,(H,22,23). The fourth-order valence-corrected chi connectivity index (χ4v) is 4.09. The molecule has 6 nitrogen and oxygen atoms in total. The Bertz CT molecular complexity index is 977. The molecular weight excluding hydrogens is 408 g/mol. The number of aromatic nitrogens is 1. The number of rotatable bonds is 6. The highest BCUT2D eigenvalue weighted by molar-refractivity contribution is 8.26. The summed E-state index contributed by atoms with van der Waals surface area (Å²) in [5.41, 5.74) is 1.30. The lowest BCUT2D eigenvalue weighted by Crippen LogP contribution is -2.29. The molecular formula is C18H15ClN2O4S2. The second-order valence-electron chi connectivity index (χ2n) is 5.76. The number of ether oxygens (including phenoxy) is 1. The highest BCUT2D eigenvalue weighted by Gasteiger charge is 2.31. The molecule has 27 heavy (non-hydrogen) atoms. The summed E-state index contributed by atoms with van der Waals surface area (Å²) >= 11 is 12.7. The van der Waals surface area contributed by atoms with Crippen LogP contribution in [0, 0.1) is 0 Å². The number of aliphatic carboxylic acids is 1. The Kier molecular flexibility index (Phi) is 5.98. The molecule has 1 aromatic carbocycles. The Balaban J connectivity index is 1.85. The predicted molar refractivity (Wildman–Crippen MR) is 110 cm³/mol. The van der Waals surface area contributed by atoms with Crippen LogP contribution in [0.2, 0.25) is 5.15 Å². The normalized spacial score (nSPS) is 15.8. The Labute approximate surface area is 170 Å². The molecule has 1 amide bonds. The number of carboxylic acid groups (broad SMARTS) is 1. The fraction of sp³-hybridized carbons (Fsp3) is 0.222. The van der Waals surface area contributed by atoms with Crippen LogP contribution in [0.25, 0.3) is 17.0 Å². The number of benzene rings is 1. The largest absolute Gasteiger partial charge is 0.497 e. The van der Waals surface area contributed by atoms with Crippen LogP contribution in [0.3, 0.4) is 0 Å². The van der Waals surface area contributed by atoms with Crippen molar-refractivity contribution in [3.8, 4) is 5.75 Å². The van der Waals surface area contributed by atoms with Crippen LogP contribution in [0.5, 0.6) is 5.75 Å². The first-order chi connectivity index (χ1) is 12.9. The van der Waals surface area contributed by atoms with Crippen LogP contribution in [0.4, 0.5) is 0 Å². The maximum atomic E-state index is 12.6. The molecule has 1 aliphatic rings. The van der Waals surface area contributed by atoms with Gasteiger partial charge in [0.05, 0.1) is 17.5 Å². The smallest absolute Gasteiger partial charge is 0.303 e. The molecule has 0 radical (unpaired) electrons. The molecule has 0 aliphatic carbocycles. The van der Waals surface area contributed by atoms with E-state index in [1.54, 1.807) is 19.3 Å². The van der Waals surface area contributed by atoms with Gasteiger partial charge < -0.3 is 9.84 Å². The number of thioether (sulfide) groups is 1. The zero-order valence-electron chi connectivity index (χ0n) is 14.3. The van der Waals surface area contributed by atoms with Gasteiger partial charge >= 0.3 is 5.97 Å². The van der Waals surface area contributed by atoms with E-state index in [-0.39, 0.29) is 24.0 Å². The van der Waals surface area contributed by atoms with Gasteiger partial charge in [0.15, 0.2) is 0 Å². The molecule has 1 aliphatic heterocycles. The molecule has 2 heterocycles. The van der Waals surface area contributed by atoms with E-state index < -0.39 is 5.97 Å². The van der Waals surface area contributed by atoms with E-state index >= 15 is 0 Å². The molecule has 0 saturated carbocycles. The number of carbonyl (C=O) groups excluding carboxylic acids is 1. The zero-order valence-corrected chi connectivity index (χ0v) is 16.7. The van der Waals surface area contributed by atoms with E-state index in [0.29, 0.717) is 32.5 Å². The second-order valence-corrected chi connectivity index (χ2v) is 7.79. The van der Waals surface area contributed by atoms with Gasteiger partial charge in [-0.1, -0.05) is 35.6 Å². The Hall–Kier alpha value is -2.16. The Morgan fingerprint density at radius 3 is 2.93 bits per heavy atom. The summed E-state index contributed by atoms with van der Waals surface area (Å²) in [7, 11) is 1.58. The first kappa shape index (κ1) is 19.6. The summed E-state index contributed by atoms with van der Waals surface area (Å²) in [5, 5.41) is 9.87. The maximum Gasteiger partial charge on any atom is 0.303 e. The van der Waals surface area contributed by atoms with Crippen molar-refractivity contribution in [2.75, 3.05) is 13.7 Å². The number of fused-ring (bicyclic) bond motifs is 1. The van der Waals surface area contributed by atoms with E-state index in [9.17, 15) is 9.59 Å². The van der Waals surface area contributed by atoms with E-state index in [1.807, 2.05) is 18.2 Å². The maximum absolute atomic E-state index is 12.6. The van der Waals surface area contributed by atoms with Gasteiger partial charge in [0.2, 0.25) is 0 Å². The molecule has 1 aromatic heterocycles. The van der Waals surface area contributed by atoms with Gasteiger partial charge in [0.25, 0.3) is 5.91 Å². The van der Waals surface area contributed by atoms with Gasteiger partial charge in [0.1, 0.15) is 15.2 Å². The first-order valence-corrected chi connectivity index (χ1v) is 9.61. The topological polar surface area (TPSA) is 79.7 Å². The number of halogens is 1. The minimum atomic E-state index is -0.901. The third-order valence-corrected chi connectivity index (χ3v) is 5.62. The van der Waals surface area contributed by atoms with Gasteiger partial charge in [-0.05, 0) is 30.7 Å². The van der Waals surface area contributed by atoms with Crippen LogP contribution in [0.1, 0.15) is 18.4 Å². The summed E-state index contributed by atoms with van der Waals surface area (Å²) < 4.78 is 5.59. The van der Waals surface area contributed by atoms with Crippen molar-refractivity contribution in [3.05, 3.63) is 39.9 Å². The van der Waals surface area contributed by atoms with Crippen molar-refractivity contribution in [3.63, 3.8) is 0 Å². The van der Waals surface area contributed by atoms with Crippen LogP contribution in [0.15, 0.2) is 29.2 Å². The van der Waals surface area contributed by atoms with Crippen molar-refractivity contribution in [2.24, 2.45) is 0 Å². The minimum Gasteiger partial charge on any atom is -0.497 e. The molecule has 0 unspecified atom stereocenters. The second kappa shape index (κ2) is 8.24. The van der Waals surface area contributed by atoms with Crippen LogP contribution < -0.4 is 4.74 Å². The number of thiocarbonyl (C=S) groups is 1. The molecule has 0 bridgehead atoms. The molecule has 1 fully saturated rings. The highest BCUT2D eigenvalue weighted by atomic mass is 35.5. The number of carboxylic acids is 1. The number of hydrogen-bond acceptors (Lipinski definition) is 6. The number of amides is 1. The van der Waals surface area contributed by atoms with E-state index in [0.717, 1.165) is 5.39 Å². The van der Waals surface area contributed by atoms with Crippen molar-refractivity contribution in [2.45, 2.75) is 12.8 Å². The molecule has 140 valence electrons. The van der Waals surface area contributed by atoms with Crippen molar-refractivity contribution < 1.29 is 19.4 Å². The van der Waals surface area contributed by atoms with Crippen LogP contribution in [-0.4, -0.2) is 44.8 Å². The number of carbonyl (C=O) groups is 2. The molecule has 0 atom stereocenters. The van der Waals surface area contributed by atoms with Gasteiger partial charge in [-0.2, -0.15) is 0 Å². The average Bonchev–Trinajstić information content (AvgIpc) is 2.89. The summed E-state index contributed by atoms with van der Waals surface area (Å²) in [6.07, 6.45) is 1.99. The molecule has 0 spiro atoms. The summed E-state index contributed by atoms with van der Waals surface area (Å²) in [6.45, 7) is 0.276. The number of methoxy groups -OCH3 is 1. The third kappa shape index (κ3) is 4.40. The predicted octanol–water partition coefficient (Wildman–Crippen LogP) is 3.96. The van der Waals surface area contributed by atoms with E-state index in [2.05, 4.69) is 4.98 Å². The zero-order chi connectivity index (χ0) is 19.6. The summed E-state index contributed by atoms with van der Waals surface area (Å²) in [4.78, 5) is 29.4. The minimum absolute atomic E-state index is 0.0139. The Morgan fingerprint density at radius 2 is 2.22 bits per heavy atom. The highest BCUT2D eigenvalue weighted by Crippen LogP contribution is 2.34. The molecule has 3 rings (SSSR count). The fourth-order valence-electron chi connectivity index (χ4n) is 2.59. The Morgan fingerprint density at radius 1 is 1.44 bits per heavy atom. The molecule has 1 N–H and O–H groups in total. The third-order valence-electron chi connectivity index (χ3n) is 3.94. The number of hydrogen-bond donors (Lipinski definition) is 1. The van der Waals surface area contributed by atoms with E-state index in [1.165, 1.54) is 16.7 Å². The number of nitrogens with zero attached hydrogens (tertiary/aromatic N) is 2. The van der Waals surface area contributed by atoms with Gasteiger partial charge in [-0.15, -0.1) is 0 Å². The lowest BCUT2D eigenvalue weighted by Gasteiger charge is -2.13. The van der Waals surface area contributed by atoms with Crippen molar-refractivity contribution in [1.29, 1.82) is 0 Å². The summed E-state index contributed by atoms with van der Waals surface area (Å²) in [5.74, 6) is -0.469. The van der Waals surface area contributed by atoms with Crippen LogP contribution in [-0.2, 0) is 9.59 Å². The van der Waals surface area contributed by atoms with Crippen molar-refractivity contribution in [1.82, 2.24) is 9.88 Å². The van der Waals surface area contributed by atoms with Gasteiger partial charge in [-0.3, -0.25) is 14.5 Å². The average molecular weight is 423 g/mol. The lowest BCUT2D eigenvalue weighted by atomic mass is 10.1.